The molecule has 15 heteroatoms. The minimum Gasteiger partial charge on any atom is -0.474 e. The van der Waals surface area contributed by atoms with Crippen molar-refractivity contribution in [3.05, 3.63) is 35.8 Å². The molecular weight excluding hydrogens is 545 g/mol. The number of amides is 2. The number of alkyl halides is 5. The van der Waals surface area contributed by atoms with Crippen molar-refractivity contribution in [2.75, 3.05) is 19.7 Å². The maximum atomic E-state index is 13.6. The normalized spacial score (nSPS) is 18.5. The van der Waals surface area contributed by atoms with Crippen LogP contribution in [0.3, 0.4) is 0 Å². The zero-order valence-corrected chi connectivity index (χ0v) is 22.6. The second kappa shape index (κ2) is 11.5. The van der Waals surface area contributed by atoms with Gasteiger partial charge in [-0.25, -0.2) is 14.5 Å². The number of pyridine rings is 1. The fourth-order valence-electron chi connectivity index (χ4n) is 4.34. The number of aromatic nitrogens is 3. The molecule has 2 aromatic heterocycles. The Hall–Kier alpha value is -3.65. The van der Waals surface area contributed by atoms with Gasteiger partial charge in [0, 0.05) is 48.4 Å². The van der Waals surface area contributed by atoms with Crippen molar-refractivity contribution in [2.45, 2.75) is 71.3 Å². The molecule has 222 valence electrons. The summed E-state index contributed by atoms with van der Waals surface area (Å²) in [5, 5.41) is 16.5. The summed E-state index contributed by atoms with van der Waals surface area (Å²) in [6.45, 7) is 5.10. The summed E-state index contributed by atoms with van der Waals surface area (Å²) in [5.74, 6) is -2.37. The lowest BCUT2D eigenvalue weighted by Crippen LogP contribution is -2.54. The van der Waals surface area contributed by atoms with Crippen LogP contribution in [0.2, 0.25) is 0 Å². The van der Waals surface area contributed by atoms with Gasteiger partial charge in [0.1, 0.15) is 6.61 Å². The monoisotopic (exact) mass is 577 g/mol. The molecule has 2 unspecified atom stereocenters. The fourth-order valence-corrected chi connectivity index (χ4v) is 4.34. The van der Waals surface area contributed by atoms with E-state index in [2.05, 4.69) is 20.1 Å². The van der Waals surface area contributed by atoms with Crippen LogP contribution in [0.25, 0.3) is 0 Å². The number of rotatable bonds is 8. The first-order chi connectivity index (χ1) is 18.4. The quantitative estimate of drug-likeness (QED) is 0.427. The van der Waals surface area contributed by atoms with E-state index < -0.39 is 59.3 Å². The minimum atomic E-state index is -4.97. The van der Waals surface area contributed by atoms with Crippen LogP contribution in [-0.2, 0) is 10.2 Å². The largest absolute Gasteiger partial charge is 0.573 e. The highest BCUT2D eigenvalue weighted by Crippen LogP contribution is 2.37. The van der Waals surface area contributed by atoms with Crippen LogP contribution in [0, 0.1) is 5.41 Å². The highest BCUT2D eigenvalue weighted by atomic mass is 19.4. The molecule has 3 rings (SSSR count). The summed E-state index contributed by atoms with van der Waals surface area (Å²) in [4.78, 5) is 30.0. The molecule has 2 N–H and O–H groups in total. The molecule has 0 aliphatic carbocycles. The van der Waals surface area contributed by atoms with Crippen molar-refractivity contribution in [3.63, 3.8) is 0 Å². The maximum absolute atomic E-state index is 13.6. The van der Waals surface area contributed by atoms with E-state index in [9.17, 15) is 36.6 Å². The van der Waals surface area contributed by atoms with Crippen LogP contribution in [-0.4, -0.2) is 68.9 Å². The predicted molar refractivity (Wildman–Crippen MR) is 131 cm³/mol. The number of halogens is 5. The van der Waals surface area contributed by atoms with Gasteiger partial charge in [0.2, 0.25) is 5.91 Å². The Morgan fingerprint density at radius 1 is 1.20 bits per heavy atom. The predicted octanol–water partition coefficient (Wildman–Crippen LogP) is 4.93. The molecule has 2 amide bonds. The summed E-state index contributed by atoms with van der Waals surface area (Å²) < 4.78 is 75.2. The van der Waals surface area contributed by atoms with Gasteiger partial charge in [-0.05, 0) is 32.4 Å². The summed E-state index contributed by atoms with van der Waals surface area (Å²) >= 11 is 0. The third-order valence-electron chi connectivity index (χ3n) is 6.42. The van der Waals surface area contributed by atoms with Gasteiger partial charge in [0.25, 0.3) is 5.88 Å². The summed E-state index contributed by atoms with van der Waals surface area (Å²) in [6.07, 6.45) is -3.59. The number of carbonyl (C=O) groups is 2. The van der Waals surface area contributed by atoms with Crippen LogP contribution in [0.15, 0.2) is 24.5 Å². The Morgan fingerprint density at radius 2 is 1.88 bits per heavy atom. The van der Waals surface area contributed by atoms with E-state index in [1.54, 1.807) is 20.8 Å². The highest BCUT2D eigenvalue weighted by molar-refractivity contribution is 5.82. The molecule has 3 heterocycles. The first kappa shape index (κ1) is 30.9. The van der Waals surface area contributed by atoms with E-state index in [-0.39, 0.29) is 26.1 Å². The van der Waals surface area contributed by atoms with Crippen molar-refractivity contribution in [1.82, 2.24) is 25.0 Å². The number of ether oxygens (including phenoxy) is 2. The topological polar surface area (TPSA) is 119 Å². The van der Waals surface area contributed by atoms with Gasteiger partial charge in [-0.1, -0.05) is 20.8 Å². The number of piperidine rings is 1. The lowest BCUT2D eigenvalue weighted by molar-refractivity contribution is -0.275. The van der Waals surface area contributed by atoms with Crippen LogP contribution in [0.4, 0.5) is 26.7 Å². The van der Waals surface area contributed by atoms with Crippen LogP contribution >= 0.6 is 0 Å². The van der Waals surface area contributed by atoms with E-state index in [4.69, 9.17) is 4.74 Å². The van der Waals surface area contributed by atoms with Crippen molar-refractivity contribution < 1.29 is 46.1 Å². The molecule has 0 radical (unpaired) electrons. The number of hydrogen-bond acceptors (Lipinski definition) is 6. The SMILES string of the molecule is CC(C)(COc1ncccc1OC(F)(F)F)C(=O)NC1CCN(C(=O)O)CC1c1cn(C(F)F)nc1C(C)(C)C. The second-order valence-corrected chi connectivity index (χ2v) is 11.2. The Balaban J connectivity index is 1.84. The molecule has 1 saturated heterocycles. The van der Waals surface area contributed by atoms with Crippen molar-refractivity contribution in [3.8, 4) is 11.6 Å². The van der Waals surface area contributed by atoms with Crippen LogP contribution in [0.1, 0.15) is 64.8 Å². The molecule has 2 aromatic rings. The second-order valence-electron chi connectivity index (χ2n) is 11.2. The standard InChI is InChI=1S/C25H32F5N5O5/c1-23(2,3)18-15(12-35(33-18)21(26)27)14-11-34(22(37)38)10-8-16(14)32-20(36)24(4,5)13-39-19-17(7-6-9-31-19)40-25(28,29)30/h6-7,9,12,14,16,21H,8,10-11,13H2,1-5H3,(H,32,36)(H,37,38). The molecule has 0 bridgehead atoms. The minimum absolute atomic E-state index is 0.0682. The van der Waals surface area contributed by atoms with E-state index >= 15 is 0 Å². The molecule has 0 saturated carbocycles. The molecule has 0 aromatic carbocycles. The van der Waals surface area contributed by atoms with Gasteiger partial charge in [-0.15, -0.1) is 13.2 Å². The number of nitrogens with one attached hydrogen (secondary N) is 1. The summed E-state index contributed by atoms with van der Waals surface area (Å²) in [6, 6.07) is 1.60. The van der Waals surface area contributed by atoms with E-state index in [1.807, 2.05) is 0 Å². The van der Waals surface area contributed by atoms with Crippen molar-refractivity contribution >= 4 is 12.0 Å². The average Bonchev–Trinajstić information content (AvgIpc) is 3.29. The maximum Gasteiger partial charge on any atom is 0.573 e. The smallest absolute Gasteiger partial charge is 0.474 e. The van der Waals surface area contributed by atoms with E-state index in [1.165, 1.54) is 32.3 Å². The van der Waals surface area contributed by atoms with Crippen LogP contribution in [0.5, 0.6) is 11.6 Å². The first-order valence-corrected chi connectivity index (χ1v) is 12.4. The van der Waals surface area contributed by atoms with Gasteiger partial charge in [-0.3, -0.25) is 4.79 Å². The lowest BCUT2D eigenvalue weighted by atomic mass is 9.80. The third kappa shape index (κ3) is 7.50. The Morgan fingerprint density at radius 3 is 2.45 bits per heavy atom. The van der Waals surface area contributed by atoms with E-state index in [0.29, 0.717) is 15.9 Å². The van der Waals surface area contributed by atoms with Gasteiger partial charge >= 0.3 is 19.0 Å². The number of carboxylic acid groups (broad SMARTS) is 1. The van der Waals surface area contributed by atoms with Crippen LogP contribution < -0.4 is 14.8 Å². The van der Waals surface area contributed by atoms with Gasteiger partial charge < -0.3 is 24.8 Å². The first-order valence-electron chi connectivity index (χ1n) is 12.4. The lowest BCUT2D eigenvalue weighted by Gasteiger charge is -2.39. The Labute approximate surface area is 227 Å². The Bertz CT molecular complexity index is 1210. The molecule has 2 atom stereocenters. The molecule has 40 heavy (non-hydrogen) atoms. The molecule has 10 nitrogen and oxygen atoms in total. The van der Waals surface area contributed by atoms with Gasteiger partial charge in [0.15, 0.2) is 5.75 Å². The molecule has 1 aliphatic heterocycles. The summed E-state index contributed by atoms with van der Waals surface area (Å²) in [5.41, 5.74) is -1.22. The molecule has 1 fully saturated rings. The van der Waals surface area contributed by atoms with Gasteiger partial charge in [0.05, 0.1) is 11.1 Å². The number of carbonyl (C=O) groups excluding carboxylic acids is 1. The third-order valence-corrected chi connectivity index (χ3v) is 6.42. The van der Waals surface area contributed by atoms with Crippen molar-refractivity contribution in [2.24, 2.45) is 5.41 Å². The fraction of sp³-hybridized carbons (Fsp3) is 0.600. The van der Waals surface area contributed by atoms with E-state index in [0.717, 1.165) is 11.0 Å². The zero-order chi connectivity index (χ0) is 30.0. The zero-order valence-electron chi connectivity index (χ0n) is 22.6. The molecule has 0 spiro atoms. The van der Waals surface area contributed by atoms with Gasteiger partial charge in [-0.2, -0.15) is 13.9 Å². The highest BCUT2D eigenvalue weighted by Gasteiger charge is 2.41. The number of hydrogen-bond donors (Lipinski definition) is 2. The Kier molecular flexibility index (Phi) is 8.84. The molecular formula is C25H32F5N5O5. The van der Waals surface area contributed by atoms with Crippen molar-refractivity contribution in [1.29, 1.82) is 0 Å². The number of nitrogens with zero attached hydrogens (tertiary/aromatic N) is 4. The summed E-state index contributed by atoms with van der Waals surface area (Å²) in [7, 11) is 0. The average molecular weight is 578 g/mol. The molecule has 1 aliphatic rings. The number of likely N-dealkylation sites (tertiary alicyclic amines) is 1.